The number of amides is 3. The molecule has 2 fully saturated rings. The molecule has 0 radical (unpaired) electrons. The van der Waals surface area contributed by atoms with Crippen LogP contribution in [0.4, 0.5) is 10.5 Å². The number of nitrogens with one attached hydrogen (secondary N) is 1. The number of hydrogen-bond donors (Lipinski definition) is 5. The summed E-state index contributed by atoms with van der Waals surface area (Å²) in [6, 6.07) is 2.50. The minimum atomic E-state index is -1.86. The van der Waals surface area contributed by atoms with E-state index in [1.54, 1.807) is 51.3 Å². The number of ether oxygens (including phenoxy) is 3. The van der Waals surface area contributed by atoms with Crippen LogP contribution in [0.5, 0.6) is 0 Å². The van der Waals surface area contributed by atoms with Crippen LogP contribution in [0, 0.1) is 11.8 Å². The third-order valence-corrected chi connectivity index (χ3v) is 11.2. The van der Waals surface area contributed by atoms with E-state index in [1.165, 1.54) is 23.8 Å². The van der Waals surface area contributed by atoms with Gasteiger partial charge in [0.15, 0.2) is 5.72 Å². The molecule has 1 aromatic carbocycles. The van der Waals surface area contributed by atoms with Crippen LogP contribution < -0.4 is 10.2 Å². The van der Waals surface area contributed by atoms with Crippen LogP contribution in [0.15, 0.2) is 35.9 Å². The largest absolute Gasteiger partial charge is 0.457 e. The second-order valence-corrected chi connectivity index (χ2v) is 15.8. The second-order valence-electron chi connectivity index (χ2n) is 14.5. The van der Waals surface area contributed by atoms with Crippen LogP contribution in [-0.4, -0.2) is 106 Å². The molecule has 1 unspecified atom stereocenters. The monoisotopic (exact) mass is 765 g/mol. The maximum atomic E-state index is 14.1. The fraction of sp³-hybridized carbons (Fsp3) is 0.622. The molecule has 52 heavy (non-hydrogen) atoms. The van der Waals surface area contributed by atoms with E-state index in [-0.39, 0.29) is 42.0 Å². The highest BCUT2D eigenvalue weighted by molar-refractivity contribution is 7.80. The van der Waals surface area contributed by atoms with Crippen LogP contribution in [0.3, 0.4) is 0 Å². The van der Waals surface area contributed by atoms with Gasteiger partial charge in [0.25, 0.3) is 0 Å². The fourth-order valence-electron chi connectivity index (χ4n) is 6.82. The molecule has 3 heterocycles. The Hall–Kier alpha value is -3.14. The molecule has 9 atom stereocenters. The van der Waals surface area contributed by atoms with Gasteiger partial charge in [0.1, 0.15) is 23.9 Å². The van der Waals surface area contributed by atoms with E-state index in [1.807, 2.05) is 13.8 Å². The molecule has 4 N–H and O–H groups in total. The standard InChI is InChI=1S/C37H52ClN3O10S/c1-20-9-8-10-26(19-43)37(48)17-28(49-35(47)39-37)22(3)33-36(5,51-33)29(50-34(46)23(4)40(6)30(44)12-11-21(2)52)16-31(45)41(7)27-15-24(13-20)14-25(18-42)32(27)38/h8-10,14-15,21-23,26,28-29,33,42-43,48,52H,11-13,16-19H2,1-7H3,(H,39,47)/b10-8+,20-9+/t21?,22-,23+,26+,28+,29+,33+,36+,37+/m1/s1. The Bertz CT molecular complexity index is 1590. The molecule has 288 valence electrons. The molecule has 0 spiro atoms. The predicted octanol–water partition coefficient (Wildman–Crippen LogP) is 3.69. The number of carbonyl (C=O) groups excluding carboxylic acids is 4. The third kappa shape index (κ3) is 9.31. The summed E-state index contributed by atoms with van der Waals surface area (Å²) in [5.41, 5.74) is -0.718. The van der Waals surface area contributed by atoms with Crippen molar-refractivity contribution in [1.82, 2.24) is 10.2 Å². The number of anilines is 1. The molecule has 1 aromatic rings. The number of hydrogen-bond acceptors (Lipinski definition) is 11. The zero-order valence-corrected chi connectivity index (χ0v) is 32.4. The highest BCUT2D eigenvalue weighted by Gasteiger charge is 2.64. The summed E-state index contributed by atoms with van der Waals surface area (Å²) in [5.74, 6) is -2.94. The summed E-state index contributed by atoms with van der Waals surface area (Å²) in [7, 11) is 3.05. The maximum Gasteiger partial charge on any atom is 0.409 e. The van der Waals surface area contributed by atoms with Gasteiger partial charge < -0.3 is 39.3 Å². The highest BCUT2D eigenvalue weighted by Crippen LogP contribution is 2.49. The number of rotatable bonds is 8. The van der Waals surface area contributed by atoms with Gasteiger partial charge in [0, 0.05) is 38.8 Å². The normalized spacial score (nSPS) is 32.3. The first-order chi connectivity index (χ1) is 24.3. The van der Waals surface area contributed by atoms with E-state index in [4.69, 9.17) is 25.8 Å². The zero-order valence-electron chi connectivity index (χ0n) is 30.8. The van der Waals surface area contributed by atoms with Gasteiger partial charge in [-0.3, -0.25) is 14.9 Å². The van der Waals surface area contributed by atoms with E-state index < -0.39 is 72.1 Å². The molecular weight excluding hydrogens is 714 g/mol. The van der Waals surface area contributed by atoms with Gasteiger partial charge in [-0.1, -0.05) is 55.3 Å². The van der Waals surface area contributed by atoms with E-state index in [0.717, 1.165) is 11.1 Å². The number of allylic oxidation sites excluding steroid dienone is 3. The molecule has 0 aliphatic carbocycles. The first-order valence-electron chi connectivity index (χ1n) is 17.5. The van der Waals surface area contributed by atoms with E-state index in [9.17, 15) is 34.5 Å². The van der Waals surface area contributed by atoms with Gasteiger partial charge >= 0.3 is 12.1 Å². The molecule has 3 aliphatic heterocycles. The van der Waals surface area contributed by atoms with Crippen molar-refractivity contribution in [3.8, 4) is 0 Å². The van der Waals surface area contributed by atoms with E-state index in [0.29, 0.717) is 24.1 Å². The lowest BCUT2D eigenvalue weighted by Crippen LogP contribution is -2.62. The van der Waals surface area contributed by atoms with Crippen LogP contribution in [0.25, 0.3) is 0 Å². The van der Waals surface area contributed by atoms with Gasteiger partial charge in [-0.15, -0.1) is 0 Å². The number of aliphatic hydroxyl groups excluding tert-OH is 2. The minimum Gasteiger partial charge on any atom is -0.457 e. The number of carbonyl (C=O) groups is 4. The summed E-state index contributed by atoms with van der Waals surface area (Å²) >= 11 is 11.0. The van der Waals surface area contributed by atoms with E-state index in [2.05, 4.69) is 17.9 Å². The zero-order chi connectivity index (χ0) is 38.7. The second kappa shape index (κ2) is 16.9. The van der Waals surface area contributed by atoms with E-state index >= 15 is 0 Å². The van der Waals surface area contributed by atoms with Crippen molar-refractivity contribution in [2.75, 3.05) is 25.6 Å². The number of fused-ring (bicyclic) bond motifs is 5. The van der Waals surface area contributed by atoms with Crippen LogP contribution in [-0.2, 0) is 41.6 Å². The van der Waals surface area contributed by atoms with Gasteiger partial charge in [0.2, 0.25) is 11.8 Å². The maximum absolute atomic E-state index is 14.1. The van der Waals surface area contributed by atoms with Crippen LogP contribution >= 0.6 is 24.2 Å². The Morgan fingerprint density at radius 1 is 1.25 bits per heavy atom. The first kappa shape index (κ1) is 41.6. The molecule has 3 amide bonds. The van der Waals surface area contributed by atoms with Crippen molar-refractivity contribution in [2.45, 2.75) is 114 Å². The number of halogens is 1. The van der Waals surface area contributed by atoms with Crippen molar-refractivity contribution in [2.24, 2.45) is 11.8 Å². The van der Waals surface area contributed by atoms with Crippen molar-refractivity contribution in [1.29, 1.82) is 0 Å². The molecule has 0 aromatic heterocycles. The number of epoxide rings is 1. The number of alkyl carbamates (subject to hydrolysis) is 1. The summed E-state index contributed by atoms with van der Waals surface area (Å²) in [6.07, 6.45) is 2.17. The number of likely N-dealkylation sites (N-methyl/N-ethyl adjacent to an activating group) is 1. The van der Waals surface area contributed by atoms with Gasteiger partial charge in [0.05, 0.1) is 36.4 Å². The predicted molar refractivity (Wildman–Crippen MR) is 198 cm³/mol. The first-order valence-corrected chi connectivity index (χ1v) is 18.4. The fourth-order valence-corrected chi connectivity index (χ4v) is 7.24. The molecule has 13 nitrogen and oxygen atoms in total. The SMILES string of the molecule is C/C1=C\C=C\[C@@H](CO)[C@@]2(O)C[C@H](OC(=O)N2)[C@@H](C)[C@@H]2O[C@@]2(C)[C@@H](OC(=O)[C@H](C)N(C)C(=O)CCC(C)S)CC(=O)N(C)c2cc(cc(CO)c2Cl)C1. The van der Waals surface area contributed by atoms with Crippen molar-refractivity contribution < 1.29 is 48.7 Å². The summed E-state index contributed by atoms with van der Waals surface area (Å²) in [6.45, 7) is 7.89. The van der Waals surface area contributed by atoms with Crippen LogP contribution in [0.2, 0.25) is 5.02 Å². The van der Waals surface area contributed by atoms with Crippen LogP contribution in [0.1, 0.15) is 71.4 Å². The third-order valence-electron chi connectivity index (χ3n) is 10.5. The summed E-state index contributed by atoms with van der Waals surface area (Å²) < 4.78 is 17.9. The Morgan fingerprint density at radius 3 is 2.58 bits per heavy atom. The Kier molecular flexibility index (Phi) is 13.5. The Morgan fingerprint density at radius 2 is 1.94 bits per heavy atom. The highest BCUT2D eigenvalue weighted by atomic mass is 35.5. The van der Waals surface area contributed by atoms with Crippen molar-refractivity contribution >= 4 is 53.8 Å². The average molecular weight is 766 g/mol. The van der Waals surface area contributed by atoms with Gasteiger partial charge in [-0.05, 0) is 56.1 Å². The smallest absolute Gasteiger partial charge is 0.409 e. The Balaban J connectivity index is 1.75. The molecule has 3 aliphatic rings. The molecule has 0 saturated carbocycles. The van der Waals surface area contributed by atoms with Crippen molar-refractivity contribution in [3.63, 3.8) is 0 Å². The minimum absolute atomic E-state index is 0.00509. The number of thiol groups is 1. The number of esters is 1. The lowest BCUT2D eigenvalue weighted by molar-refractivity contribution is -0.162. The number of aliphatic hydroxyl groups is 3. The molecule has 2 saturated heterocycles. The topological polar surface area (TPSA) is 178 Å². The molecule has 15 heteroatoms. The quantitative estimate of drug-likeness (QED) is 0.149. The number of benzene rings is 1. The van der Waals surface area contributed by atoms with Crippen molar-refractivity contribution in [3.05, 3.63) is 52.1 Å². The summed E-state index contributed by atoms with van der Waals surface area (Å²) in [4.78, 5) is 56.0. The lowest BCUT2D eigenvalue weighted by Gasteiger charge is -2.42. The Labute approximate surface area is 315 Å². The molecule has 4 rings (SSSR count). The van der Waals surface area contributed by atoms with Gasteiger partial charge in [-0.25, -0.2) is 9.59 Å². The average Bonchev–Trinajstić information content (AvgIpc) is 3.79. The van der Waals surface area contributed by atoms with Gasteiger partial charge in [-0.2, -0.15) is 12.6 Å². The molecular formula is C37H52ClN3O10S. The lowest BCUT2D eigenvalue weighted by atomic mass is 9.81. The number of nitrogens with zero attached hydrogens (tertiary/aromatic N) is 2. The summed E-state index contributed by atoms with van der Waals surface area (Å²) in [5, 5.41) is 34.7. The molecule has 4 bridgehead atoms.